The van der Waals surface area contributed by atoms with Crippen LogP contribution in [0.3, 0.4) is 0 Å². The average Bonchev–Trinajstić information content (AvgIpc) is 2.28. The third kappa shape index (κ3) is 3.74. The van der Waals surface area contributed by atoms with Crippen LogP contribution < -0.4 is 5.73 Å². The van der Waals surface area contributed by atoms with E-state index in [0.717, 1.165) is 12.1 Å². The largest absolute Gasteiger partial charge is 0.416 e. The maximum atomic E-state index is 13.4. The van der Waals surface area contributed by atoms with Gasteiger partial charge >= 0.3 is 6.18 Å². The second-order valence-electron chi connectivity index (χ2n) is 3.81. The molecule has 98 valence electrons. The molecule has 0 aliphatic heterocycles. The van der Waals surface area contributed by atoms with E-state index in [1.165, 1.54) is 0 Å². The highest BCUT2D eigenvalue weighted by Gasteiger charge is 2.31. The Labute approximate surface area is 103 Å². The molecule has 1 aromatic carbocycles. The van der Waals surface area contributed by atoms with Crippen molar-refractivity contribution in [2.75, 3.05) is 0 Å². The van der Waals surface area contributed by atoms with Crippen molar-refractivity contribution in [1.29, 1.82) is 0 Å². The second-order valence-corrected chi connectivity index (χ2v) is 3.81. The van der Waals surface area contributed by atoms with Gasteiger partial charge in [0.2, 0.25) is 0 Å². The summed E-state index contributed by atoms with van der Waals surface area (Å²) in [7, 11) is 0. The van der Waals surface area contributed by atoms with Gasteiger partial charge in [0.25, 0.3) is 0 Å². The molecule has 2 N–H and O–H groups in total. The summed E-state index contributed by atoms with van der Waals surface area (Å²) in [6.45, 7) is 1.65. The fraction of sp³-hybridized carbons (Fsp3) is 0.385. The van der Waals surface area contributed by atoms with Crippen LogP contribution in [0.25, 0.3) is 0 Å². The van der Waals surface area contributed by atoms with Gasteiger partial charge in [0.1, 0.15) is 5.82 Å². The molecule has 0 radical (unpaired) electrons. The van der Waals surface area contributed by atoms with Crippen molar-refractivity contribution in [2.45, 2.75) is 32.0 Å². The zero-order valence-corrected chi connectivity index (χ0v) is 9.81. The van der Waals surface area contributed by atoms with E-state index < -0.39 is 23.6 Å². The van der Waals surface area contributed by atoms with E-state index in [2.05, 4.69) is 11.8 Å². The van der Waals surface area contributed by atoms with Crippen LogP contribution in [0, 0.1) is 17.7 Å². The van der Waals surface area contributed by atoms with Gasteiger partial charge in [0.05, 0.1) is 5.56 Å². The highest BCUT2D eigenvalue weighted by molar-refractivity contribution is 5.29. The number of rotatable bonds is 3. The number of hydrogen-bond donors (Lipinski definition) is 1. The van der Waals surface area contributed by atoms with Gasteiger partial charge in [-0.1, -0.05) is 0 Å². The Morgan fingerprint density at radius 3 is 2.56 bits per heavy atom. The number of benzene rings is 1. The van der Waals surface area contributed by atoms with Crippen molar-refractivity contribution in [3.05, 3.63) is 35.1 Å². The molecule has 1 nitrogen and oxygen atoms in total. The molecule has 0 saturated heterocycles. The average molecular weight is 259 g/mol. The molecular weight excluding hydrogens is 246 g/mol. The molecule has 0 aliphatic carbocycles. The summed E-state index contributed by atoms with van der Waals surface area (Å²) in [5.74, 6) is 4.66. The molecule has 0 spiro atoms. The van der Waals surface area contributed by atoms with Gasteiger partial charge in [0, 0.05) is 18.0 Å². The normalized spacial score (nSPS) is 12.8. The Hall–Kier alpha value is -1.54. The van der Waals surface area contributed by atoms with Crippen molar-refractivity contribution in [3.63, 3.8) is 0 Å². The SMILES string of the molecule is CC#CCCC(N)c1cc(C(F)(F)F)ccc1F. The third-order valence-corrected chi connectivity index (χ3v) is 2.48. The van der Waals surface area contributed by atoms with Crippen LogP contribution in [0.5, 0.6) is 0 Å². The molecule has 1 aromatic rings. The first-order chi connectivity index (χ1) is 8.36. The maximum Gasteiger partial charge on any atom is 0.416 e. The Balaban J connectivity index is 2.95. The summed E-state index contributed by atoms with van der Waals surface area (Å²) in [4.78, 5) is 0. The lowest BCUT2D eigenvalue weighted by Crippen LogP contribution is -2.14. The first-order valence-electron chi connectivity index (χ1n) is 5.38. The van der Waals surface area contributed by atoms with Gasteiger partial charge in [-0.25, -0.2) is 4.39 Å². The van der Waals surface area contributed by atoms with Crippen molar-refractivity contribution >= 4 is 0 Å². The van der Waals surface area contributed by atoms with E-state index in [1.807, 2.05) is 0 Å². The zero-order valence-electron chi connectivity index (χ0n) is 9.81. The van der Waals surface area contributed by atoms with E-state index in [9.17, 15) is 17.6 Å². The predicted octanol–water partition coefficient (Wildman–Crippen LogP) is 3.65. The van der Waals surface area contributed by atoms with E-state index in [-0.39, 0.29) is 5.56 Å². The third-order valence-electron chi connectivity index (χ3n) is 2.48. The van der Waals surface area contributed by atoms with Gasteiger partial charge in [-0.3, -0.25) is 0 Å². The van der Waals surface area contributed by atoms with Gasteiger partial charge in [-0.2, -0.15) is 13.2 Å². The quantitative estimate of drug-likeness (QED) is 0.650. The minimum atomic E-state index is -4.49. The Morgan fingerprint density at radius 1 is 1.33 bits per heavy atom. The van der Waals surface area contributed by atoms with E-state index in [4.69, 9.17) is 5.73 Å². The van der Waals surface area contributed by atoms with Crippen LogP contribution in [-0.2, 0) is 6.18 Å². The molecule has 0 saturated carbocycles. The maximum absolute atomic E-state index is 13.4. The van der Waals surface area contributed by atoms with Crippen LogP contribution in [0.4, 0.5) is 17.6 Å². The molecule has 0 bridgehead atoms. The standard InChI is InChI=1S/C13H13F4N/c1-2-3-4-5-12(18)10-8-9(13(15,16)17)6-7-11(10)14/h6-8,12H,4-5,18H2,1H3. The molecule has 0 amide bonds. The number of hydrogen-bond acceptors (Lipinski definition) is 1. The zero-order chi connectivity index (χ0) is 13.8. The molecule has 0 aromatic heterocycles. The van der Waals surface area contributed by atoms with Gasteiger partial charge in [-0.05, 0) is 31.5 Å². The monoisotopic (exact) mass is 259 g/mol. The molecule has 5 heteroatoms. The fourth-order valence-corrected chi connectivity index (χ4v) is 1.51. The lowest BCUT2D eigenvalue weighted by atomic mass is 10.00. The Bertz CT molecular complexity index is 468. The summed E-state index contributed by atoms with van der Waals surface area (Å²) >= 11 is 0. The number of halogens is 4. The Kier molecular flexibility index (Phi) is 4.74. The summed E-state index contributed by atoms with van der Waals surface area (Å²) in [6, 6.07) is 1.48. The highest BCUT2D eigenvalue weighted by Crippen LogP contribution is 2.32. The minimum Gasteiger partial charge on any atom is -0.324 e. The van der Waals surface area contributed by atoms with Crippen LogP contribution in [-0.4, -0.2) is 0 Å². The van der Waals surface area contributed by atoms with Gasteiger partial charge in [-0.15, -0.1) is 11.8 Å². The minimum absolute atomic E-state index is 0.122. The van der Waals surface area contributed by atoms with Crippen molar-refractivity contribution < 1.29 is 17.6 Å². The van der Waals surface area contributed by atoms with Crippen molar-refractivity contribution in [2.24, 2.45) is 5.73 Å². The Morgan fingerprint density at radius 2 is 2.00 bits per heavy atom. The fourth-order valence-electron chi connectivity index (χ4n) is 1.51. The first kappa shape index (κ1) is 14.5. The van der Waals surface area contributed by atoms with Gasteiger partial charge < -0.3 is 5.73 Å². The van der Waals surface area contributed by atoms with E-state index in [0.29, 0.717) is 18.9 Å². The molecule has 1 atom stereocenters. The molecule has 1 rings (SSSR count). The van der Waals surface area contributed by atoms with E-state index in [1.54, 1.807) is 6.92 Å². The number of alkyl halides is 3. The summed E-state index contributed by atoms with van der Waals surface area (Å²) in [6.07, 6.45) is -3.75. The van der Waals surface area contributed by atoms with Crippen LogP contribution >= 0.6 is 0 Å². The molecular formula is C13H13F4N. The van der Waals surface area contributed by atoms with Crippen LogP contribution in [0.2, 0.25) is 0 Å². The lowest BCUT2D eigenvalue weighted by Gasteiger charge is -2.14. The van der Waals surface area contributed by atoms with Gasteiger partial charge in [0.15, 0.2) is 0 Å². The molecule has 1 unspecified atom stereocenters. The molecule has 18 heavy (non-hydrogen) atoms. The van der Waals surface area contributed by atoms with Crippen LogP contribution in [0.1, 0.15) is 36.9 Å². The second kappa shape index (κ2) is 5.87. The van der Waals surface area contributed by atoms with E-state index >= 15 is 0 Å². The van der Waals surface area contributed by atoms with Crippen LogP contribution in [0.15, 0.2) is 18.2 Å². The number of nitrogens with two attached hydrogens (primary N) is 1. The molecule has 0 heterocycles. The van der Waals surface area contributed by atoms with Crippen molar-refractivity contribution in [3.8, 4) is 11.8 Å². The molecule has 0 fully saturated rings. The summed E-state index contributed by atoms with van der Waals surface area (Å²) < 4.78 is 50.9. The lowest BCUT2D eigenvalue weighted by molar-refractivity contribution is -0.137. The predicted molar refractivity (Wildman–Crippen MR) is 61.0 cm³/mol. The summed E-state index contributed by atoms with van der Waals surface area (Å²) in [5, 5.41) is 0. The first-order valence-corrected chi connectivity index (χ1v) is 5.38. The highest BCUT2D eigenvalue weighted by atomic mass is 19.4. The summed E-state index contributed by atoms with van der Waals surface area (Å²) in [5.41, 5.74) is 4.66. The topological polar surface area (TPSA) is 26.0 Å². The molecule has 0 aliphatic rings. The van der Waals surface area contributed by atoms with Crippen molar-refractivity contribution in [1.82, 2.24) is 0 Å². The smallest absolute Gasteiger partial charge is 0.324 e.